The highest BCUT2D eigenvalue weighted by Crippen LogP contribution is 2.62. The second-order valence-corrected chi connectivity index (χ2v) is 9.09. The maximum Gasteiger partial charge on any atom is 0.246 e. The number of aromatic nitrogens is 1. The molecular weight excluding hydrogens is 342 g/mol. The smallest absolute Gasteiger partial charge is 0.246 e. The highest BCUT2D eigenvalue weighted by molar-refractivity contribution is 5.96. The third kappa shape index (κ3) is 3.66. The van der Waals surface area contributed by atoms with Crippen LogP contribution in [-0.4, -0.2) is 35.5 Å². The molecule has 1 heterocycles. The van der Waals surface area contributed by atoms with Crippen LogP contribution in [0.1, 0.15) is 51.2 Å². The number of carbonyl (C=O) groups is 2. The number of aryl methyl sites for hydroxylation is 1. The van der Waals surface area contributed by atoms with Crippen molar-refractivity contribution in [1.82, 2.24) is 10.1 Å². The number of carbonyl (C=O) groups excluding carboxylic acids is 2. The number of allylic oxidation sites excluding steroid dienone is 1. The quantitative estimate of drug-likeness (QED) is 0.803. The maximum absolute atomic E-state index is 12.7. The molecule has 1 N–H and O–H groups in total. The van der Waals surface area contributed by atoms with Gasteiger partial charge < -0.3 is 14.7 Å². The van der Waals surface area contributed by atoms with Crippen LogP contribution in [0.4, 0.5) is 5.82 Å². The van der Waals surface area contributed by atoms with Gasteiger partial charge in [0.05, 0.1) is 6.54 Å². The van der Waals surface area contributed by atoms with E-state index in [1.807, 2.05) is 0 Å². The SMILES string of the molecule is C/C(=C\C(=O)N(C)CC(=O)Nc1cc(C)on1)C12CC3CC(CC(C3)C1)C2. The van der Waals surface area contributed by atoms with Gasteiger partial charge in [0.2, 0.25) is 11.8 Å². The van der Waals surface area contributed by atoms with Crippen molar-refractivity contribution >= 4 is 17.6 Å². The monoisotopic (exact) mass is 371 g/mol. The molecule has 0 spiro atoms. The molecule has 146 valence electrons. The van der Waals surface area contributed by atoms with Gasteiger partial charge in [-0.05, 0) is 75.5 Å². The van der Waals surface area contributed by atoms with E-state index < -0.39 is 0 Å². The van der Waals surface area contributed by atoms with Crippen molar-refractivity contribution in [1.29, 1.82) is 0 Å². The average Bonchev–Trinajstić information content (AvgIpc) is 2.98. The topological polar surface area (TPSA) is 75.4 Å². The molecule has 2 amide bonds. The van der Waals surface area contributed by atoms with Crippen LogP contribution in [0.3, 0.4) is 0 Å². The first-order chi connectivity index (χ1) is 12.8. The molecule has 0 aliphatic heterocycles. The van der Waals surface area contributed by atoms with E-state index in [0.29, 0.717) is 11.6 Å². The van der Waals surface area contributed by atoms with Gasteiger partial charge in [-0.15, -0.1) is 0 Å². The van der Waals surface area contributed by atoms with Crippen molar-refractivity contribution in [3.05, 3.63) is 23.5 Å². The number of anilines is 1. The number of amides is 2. The summed E-state index contributed by atoms with van der Waals surface area (Å²) in [6, 6.07) is 1.65. The number of hydrogen-bond acceptors (Lipinski definition) is 4. The van der Waals surface area contributed by atoms with Gasteiger partial charge in [0, 0.05) is 19.2 Å². The van der Waals surface area contributed by atoms with Crippen LogP contribution in [0.2, 0.25) is 0 Å². The molecule has 5 rings (SSSR count). The van der Waals surface area contributed by atoms with E-state index >= 15 is 0 Å². The molecule has 4 aliphatic carbocycles. The lowest BCUT2D eigenvalue weighted by atomic mass is 9.48. The summed E-state index contributed by atoms with van der Waals surface area (Å²) >= 11 is 0. The van der Waals surface area contributed by atoms with E-state index in [4.69, 9.17) is 4.52 Å². The molecule has 0 radical (unpaired) electrons. The predicted molar refractivity (Wildman–Crippen MR) is 102 cm³/mol. The van der Waals surface area contributed by atoms with Gasteiger partial charge in [-0.25, -0.2) is 0 Å². The number of nitrogens with one attached hydrogen (secondary N) is 1. The Hall–Kier alpha value is -2.11. The van der Waals surface area contributed by atoms with Gasteiger partial charge in [-0.2, -0.15) is 0 Å². The van der Waals surface area contributed by atoms with E-state index in [2.05, 4.69) is 17.4 Å². The third-order valence-corrected chi connectivity index (χ3v) is 6.87. The molecule has 27 heavy (non-hydrogen) atoms. The fraction of sp³-hybridized carbons (Fsp3) is 0.667. The molecule has 4 saturated carbocycles. The first kappa shape index (κ1) is 18.3. The van der Waals surface area contributed by atoms with Gasteiger partial charge in [0.15, 0.2) is 5.82 Å². The summed E-state index contributed by atoms with van der Waals surface area (Å²) in [5, 5.41) is 6.39. The van der Waals surface area contributed by atoms with Crippen molar-refractivity contribution in [2.75, 3.05) is 18.9 Å². The van der Waals surface area contributed by atoms with Crippen LogP contribution in [-0.2, 0) is 9.59 Å². The van der Waals surface area contributed by atoms with Gasteiger partial charge in [-0.3, -0.25) is 9.59 Å². The highest BCUT2D eigenvalue weighted by atomic mass is 16.5. The van der Waals surface area contributed by atoms with Crippen LogP contribution in [0, 0.1) is 30.1 Å². The van der Waals surface area contributed by atoms with Gasteiger partial charge >= 0.3 is 0 Å². The molecule has 4 fully saturated rings. The summed E-state index contributed by atoms with van der Waals surface area (Å²) < 4.78 is 4.93. The fourth-order valence-corrected chi connectivity index (χ4v) is 5.94. The largest absolute Gasteiger partial charge is 0.360 e. The first-order valence-electron chi connectivity index (χ1n) is 10.00. The first-order valence-corrected chi connectivity index (χ1v) is 10.00. The average molecular weight is 371 g/mol. The van der Waals surface area contributed by atoms with Gasteiger partial charge in [0.25, 0.3) is 0 Å². The van der Waals surface area contributed by atoms with Crippen molar-refractivity contribution in [3.8, 4) is 0 Å². The van der Waals surface area contributed by atoms with E-state index in [-0.39, 0.29) is 23.8 Å². The van der Waals surface area contributed by atoms with Crippen LogP contribution < -0.4 is 5.32 Å². The third-order valence-electron chi connectivity index (χ3n) is 6.87. The van der Waals surface area contributed by atoms with Crippen LogP contribution >= 0.6 is 0 Å². The number of hydrogen-bond donors (Lipinski definition) is 1. The summed E-state index contributed by atoms with van der Waals surface area (Å²) in [4.78, 5) is 26.3. The zero-order valence-electron chi connectivity index (χ0n) is 16.5. The lowest BCUT2D eigenvalue weighted by Gasteiger charge is -2.57. The van der Waals surface area contributed by atoms with Crippen LogP contribution in [0.25, 0.3) is 0 Å². The minimum absolute atomic E-state index is 0.00457. The predicted octanol–water partition coefficient (Wildman–Crippen LogP) is 3.54. The second-order valence-electron chi connectivity index (χ2n) is 9.09. The minimum Gasteiger partial charge on any atom is -0.360 e. The standard InChI is InChI=1S/C21H29N3O3/c1-13(21-9-15-6-16(10-21)8-17(7-15)11-21)4-20(26)24(3)12-19(25)22-18-5-14(2)27-23-18/h4-5,15-17H,6-12H2,1-3H3,(H,22,23,25)/b13-4+. The Labute approximate surface area is 160 Å². The maximum atomic E-state index is 12.7. The minimum atomic E-state index is -0.278. The van der Waals surface area contributed by atoms with E-state index in [9.17, 15) is 9.59 Å². The number of rotatable bonds is 5. The summed E-state index contributed by atoms with van der Waals surface area (Å²) in [6.07, 6.45) is 9.67. The van der Waals surface area contributed by atoms with Crippen molar-refractivity contribution in [3.63, 3.8) is 0 Å². The normalized spacial score (nSPS) is 31.8. The van der Waals surface area contributed by atoms with Crippen LogP contribution in [0.15, 0.2) is 22.2 Å². The van der Waals surface area contributed by atoms with Crippen molar-refractivity contribution in [2.45, 2.75) is 52.4 Å². The molecule has 0 aromatic carbocycles. The molecule has 1 aromatic heterocycles. The molecule has 6 nitrogen and oxygen atoms in total. The zero-order valence-corrected chi connectivity index (χ0v) is 16.5. The number of likely N-dealkylation sites (N-methyl/N-ethyl adjacent to an activating group) is 1. The Morgan fingerprint density at radius 1 is 1.26 bits per heavy atom. The van der Waals surface area contributed by atoms with Crippen molar-refractivity contribution in [2.24, 2.45) is 23.2 Å². The molecule has 0 saturated heterocycles. The van der Waals surface area contributed by atoms with Crippen molar-refractivity contribution < 1.29 is 14.1 Å². The lowest BCUT2D eigenvalue weighted by molar-refractivity contribution is -0.129. The van der Waals surface area contributed by atoms with Gasteiger partial charge in [0.1, 0.15) is 5.76 Å². The summed E-state index contributed by atoms with van der Waals surface area (Å²) in [6.45, 7) is 3.88. The lowest BCUT2D eigenvalue weighted by Crippen LogP contribution is -2.46. The molecule has 4 aliphatic rings. The Kier molecular flexibility index (Phi) is 4.60. The zero-order chi connectivity index (χ0) is 19.2. The molecule has 0 unspecified atom stereocenters. The van der Waals surface area contributed by atoms with Crippen LogP contribution in [0.5, 0.6) is 0 Å². The molecular formula is C21H29N3O3. The van der Waals surface area contributed by atoms with E-state index in [1.165, 1.54) is 49.0 Å². The summed E-state index contributed by atoms with van der Waals surface area (Å²) in [5.74, 6) is 3.18. The molecule has 6 heteroatoms. The molecule has 4 bridgehead atoms. The van der Waals surface area contributed by atoms with E-state index in [1.54, 1.807) is 26.1 Å². The Bertz CT molecular complexity index is 744. The Morgan fingerprint density at radius 2 is 1.85 bits per heavy atom. The Balaban J connectivity index is 1.38. The van der Waals surface area contributed by atoms with Gasteiger partial charge in [-0.1, -0.05) is 10.7 Å². The molecule has 1 aromatic rings. The fourth-order valence-electron chi connectivity index (χ4n) is 5.94. The summed E-state index contributed by atoms with van der Waals surface area (Å²) in [5.41, 5.74) is 1.44. The second kappa shape index (κ2) is 6.80. The van der Waals surface area contributed by atoms with E-state index in [0.717, 1.165) is 17.8 Å². The number of nitrogens with zero attached hydrogens (tertiary/aromatic N) is 2. The molecule has 0 atom stereocenters. The highest BCUT2D eigenvalue weighted by Gasteiger charge is 2.51. The Morgan fingerprint density at radius 3 is 2.37 bits per heavy atom. The summed E-state index contributed by atoms with van der Waals surface area (Å²) in [7, 11) is 1.67.